The Hall–Kier alpha value is -0.688. The van der Waals surface area contributed by atoms with Gasteiger partial charge in [0, 0.05) is 0 Å². The van der Waals surface area contributed by atoms with Gasteiger partial charge >= 0.3 is 16.6 Å². The molecule has 0 saturated carbocycles. The van der Waals surface area contributed by atoms with Crippen LogP contribution in [0.15, 0.2) is 24.3 Å². The molecule has 0 amide bonds. The summed E-state index contributed by atoms with van der Waals surface area (Å²) in [6.07, 6.45) is -0.626. The van der Waals surface area contributed by atoms with Crippen molar-refractivity contribution in [1.82, 2.24) is 0 Å². The zero-order valence-corrected chi connectivity index (χ0v) is 10.7. The molecule has 14 heavy (non-hydrogen) atoms. The molecular formula is C9H10AlClO3. The molecule has 0 saturated heterocycles. The summed E-state index contributed by atoms with van der Waals surface area (Å²) in [5.74, 6) is 1.41. The Kier molecular flexibility index (Phi) is 4.28. The molecular weight excluding hydrogens is 219 g/mol. The van der Waals surface area contributed by atoms with E-state index in [1.807, 2.05) is 0 Å². The molecule has 1 rings (SSSR count). The van der Waals surface area contributed by atoms with Gasteiger partial charge in [0.05, 0.1) is 5.75 Å². The van der Waals surface area contributed by atoms with Crippen molar-refractivity contribution in [3.8, 4) is 11.5 Å². The minimum Gasteiger partial charge on any atom is -0.647 e. The highest BCUT2D eigenvalue weighted by Crippen LogP contribution is 2.18. The summed E-state index contributed by atoms with van der Waals surface area (Å²) in [5.41, 5.74) is 0. The van der Waals surface area contributed by atoms with Crippen LogP contribution in [0.25, 0.3) is 0 Å². The fraction of sp³-hybridized carbons (Fsp3) is 0.222. The molecule has 74 valence electrons. The van der Waals surface area contributed by atoms with E-state index in [9.17, 15) is 4.79 Å². The van der Waals surface area contributed by atoms with Crippen LogP contribution in [0.1, 0.15) is 6.92 Å². The fourth-order valence-corrected chi connectivity index (χ4v) is 1.22. The third-order valence-corrected chi connectivity index (χ3v) is 2.47. The second-order valence-corrected chi connectivity index (χ2v) is 3.52. The van der Waals surface area contributed by atoms with E-state index < -0.39 is 11.3 Å². The second-order valence-electron chi connectivity index (χ2n) is 2.74. The second kappa shape index (κ2) is 5.26. The third-order valence-electron chi connectivity index (χ3n) is 1.69. The number of hydrogen-bond acceptors (Lipinski definition) is 3. The lowest BCUT2D eigenvalue weighted by atomic mass is 10.3. The number of benzene rings is 1. The Morgan fingerprint density at radius 2 is 1.86 bits per heavy atom. The Morgan fingerprint density at radius 1 is 1.36 bits per heavy atom. The standard InChI is InChI=1S/C9H9ClO3.Al.2H/c1-6(9(10)12)13-8-4-2-7(11)3-5-8;;;/h2-6,11H,1H3;;;/q;+1;;/p-1. The molecule has 0 spiro atoms. The van der Waals surface area contributed by atoms with E-state index in [-0.39, 0.29) is 0 Å². The topological polar surface area (TPSA) is 35.5 Å². The summed E-state index contributed by atoms with van der Waals surface area (Å²) in [7, 11) is 0. The lowest BCUT2D eigenvalue weighted by Crippen LogP contribution is -2.18. The summed E-state index contributed by atoms with van der Waals surface area (Å²) in [6, 6.07) is 7.05. The maximum absolute atomic E-state index is 10.7. The third kappa shape index (κ3) is 3.23. The van der Waals surface area contributed by atoms with Gasteiger partial charge in [-0.1, -0.05) is 0 Å². The first kappa shape index (κ1) is 11.4. The monoisotopic (exact) mass is 228 g/mol. The molecule has 0 fully saturated rings. The van der Waals surface area contributed by atoms with Crippen molar-refractivity contribution in [2.75, 3.05) is 0 Å². The first-order valence-electron chi connectivity index (χ1n) is 4.13. The first-order chi connectivity index (χ1) is 6.63. The summed E-state index contributed by atoms with van der Waals surface area (Å²) >= 11 is 5.91. The summed E-state index contributed by atoms with van der Waals surface area (Å²) in [5, 5.41) is -0.506. The molecule has 0 aliphatic carbocycles. The van der Waals surface area contributed by atoms with E-state index in [1.165, 1.54) is 0 Å². The van der Waals surface area contributed by atoms with Crippen molar-refractivity contribution in [3.63, 3.8) is 0 Å². The molecule has 1 atom stereocenters. The normalized spacial score (nSPS) is 11.9. The van der Waals surface area contributed by atoms with Crippen LogP contribution in [0, 0.1) is 0 Å². The van der Waals surface area contributed by atoms with E-state index in [2.05, 4.69) is 0 Å². The van der Waals surface area contributed by atoms with E-state index in [4.69, 9.17) is 20.1 Å². The summed E-state index contributed by atoms with van der Waals surface area (Å²) < 4.78 is 10.4. The van der Waals surface area contributed by atoms with Gasteiger partial charge in [-0.05, 0) is 42.8 Å². The number of ether oxygens (including phenoxy) is 1. The smallest absolute Gasteiger partial charge is 0.496 e. The van der Waals surface area contributed by atoms with Gasteiger partial charge in [-0.25, -0.2) is 0 Å². The SMILES string of the molecule is CC(Oc1ccc([O][AlH2])cc1)C(=O)Cl. The molecule has 1 aromatic carbocycles. The molecule has 0 aliphatic heterocycles. The molecule has 0 heterocycles. The van der Waals surface area contributed by atoms with Crippen molar-refractivity contribution in [1.29, 1.82) is 0 Å². The van der Waals surface area contributed by atoms with Gasteiger partial charge in [-0.3, -0.25) is 4.79 Å². The molecule has 0 N–H and O–H groups in total. The van der Waals surface area contributed by atoms with Gasteiger partial charge in [0.2, 0.25) is 0 Å². The number of carbonyl (C=O) groups excluding carboxylic acids is 1. The average molecular weight is 229 g/mol. The van der Waals surface area contributed by atoms with Crippen LogP contribution in [-0.2, 0) is 4.79 Å². The van der Waals surface area contributed by atoms with E-state index >= 15 is 0 Å². The van der Waals surface area contributed by atoms with Crippen LogP contribution in [0.3, 0.4) is 0 Å². The maximum atomic E-state index is 10.7. The van der Waals surface area contributed by atoms with Crippen molar-refractivity contribution in [2.24, 2.45) is 0 Å². The van der Waals surface area contributed by atoms with Gasteiger partial charge in [-0.2, -0.15) is 0 Å². The quantitative estimate of drug-likeness (QED) is 0.573. The number of hydrogen-bond donors (Lipinski definition) is 0. The Morgan fingerprint density at radius 3 is 2.29 bits per heavy atom. The molecule has 0 aromatic heterocycles. The Labute approximate surface area is 95.7 Å². The van der Waals surface area contributed by atoms with E-state index in [0.717, 1.165) is 5.75 Å². The molecule has 3 nitrogen and oxygen atoms in total. The van der Waals surface area contributed by atoms with Crippen LogP contribution < -0.4 is 8.53 Å². The van der Waals surface area contributed by atoms with Crippen LogP contribution in [0.5, 0.6) is 11.5 Å². The van der Waals surface area contributed by atoms with Gasteiger partial charge in [-0.15, -0.1) is 0 Å². The molecule has 0 radical (unpaired) electrons. The molecule has 0 aliphatic rings. The Balaban J connectivity index is 2.64. The largest absolute Gasteiger partial charge is 0.647 e. The van der Waals surface area contributed by atoms with Crippen LogP contribution >= 0.6 is 11.6 Å². The summed E-state index contributed by atoms with van der Waals surface area (Å²) in [6.45, 7) is 1.60. The molecule has 1 aromatic rings. The van der Waals surface area contributed by atoms with E-state index in [1.54, 1.807) is 31.2 Å². The van der Waals surface area contributed by atoms with E-state index in [0.29, 0.717) is 22.4 Å². The van der Waals surface area contributed by atoms with Crippen molar-refractivity contribution in [2.45, 2.75) is 13.0 Å². The highest BCUT2D eigenvalue weighted by molar-refractivity contribution is 6.64. The highest BCUT2D eigenvalue weighted by atomic mass is 35.5. The highest BCUT2D eigenvalue weighted by Gasteiger charge is 2.10. The average Bonchev–Trinajstić information content (AvgIpc) is 2.19. The summed E-state index contributed by atoms with van der Waals surface area (Å²) in [4.78, 5) is 10.7. The van der Waals surface area contributed by atoms with Gasteiger partial charge in [0.25, 0.3) is 5.24 Å². The van der Waals surface area contributed by atoms with Crippen LogP contribution in [0.2, 0.25) is 0 Å². The van der Waals surface area contributed by atoms with Gasteiger partial charge in [0.15, 0.2) is 6.10 Å². The molecule has 5 heteroatoms. The van der Waals surface area contributed by atoms with Crippen LogP contribution in [-0.4, -0.2) is 28.0 Å². The predicted molar refractivity (Wildman–Crippen MR) is 56.6 cm³/mol. The number of rotatable bonds is 4. The van der Waals surface area contributed by atoms with Crippen molar-refractivity contribution >= 4 is 33.5 Å². The lowest BCUT2D eigenvalue weighted by Gasteiger charge is -2.10. The predicted octanol–water partition coefficient (Wildman–Crippen LogP) is 1.15. The minimum absolute atomic E-state index is 0.506. The van der Waals surface area contributed by atoms with Gasteiger partial charge in [0.1, 0.15) is 5.75 Å². The Bertz CT molecular complexity index is 312. The van der Waals surface area contributed by atoms with Gasteiger partial charge < -0.3 is 8.53 Å². The van der Waals surface area contributed by atoms with Crippen molar-refractivity contribution < 1.29 is 13.3 Å². The van der Waals surface area contributed by atoms with Crippen LogP contribution in [0.4, 0.5) is 0 Å². The molecule has 0 bridgehead atoms. The number of halogens is 1. The van der Waals surface area contributed by atoms with Crippen molar-refractivity contribution in [3.05, 3.63) is 24.3 Å². The zero-order valence-electron chi connectivity index (χ0n) is 7.99. The molecule has 1 unspecified atom stereocenters. The first-order valence-corrected chi connectivity index (χ1v) is 5.33. The maximum Gasteiger partial charge on any atom is 0.496 e. The lowest BCUT2D eigenvalue weighted by molar-refractivity contribution is -0.117. The zero-order chi connectivity index (χ0) is 10.6. The minimum atomic E-state index is -0.626. The fourth-order valence-electron chi connectivity index (χ4n) is 0.905. The number of carbonyl (C=O) groups is 1.